The SMILES string of the molecule is CCCN(Cc1cccc(-c2ccc3ncnc(Nc4ccccc4)c3c2)c1)C(=O)c1ccccc1. The lowest BCUT2D eigenvalue weighted by molar-refractivity contribution is 0.0743. The average molecular weight is 473 g/mol. The molecular weight excluding hydrogens is 444 g/mol. The van der Waals surface area contributed by atoms with Gasteiger partial charge in [-0.1, -0.05) is 67.6 Å². The van der Waals surface area contributed by atoms with Gasteiger partial charge in [0.1, 0.15) is 12.1 Å². The molecule has 0 fully saturated rings. The van der Waals surface area contributed by atoms with Crippen LogP contribution in [0.5, 0.6) is 0 Å². The largest absolute Gasteiger partial charge is 0.340 e. The number of carbonyl (C=O) groups excluding carboxylic acids is 1. The Morgan fingerprint density at radius 2 is 1.56 bits per heavy atom. The molecule has 5 aromatic rings. The molecule has 1 heterocycles. The molecular formula is C31H28N4O. The van der Waals surface area contributed by atoms with Gasteiger partial charge < -0.3 is 10.2 Å². The number of fused-ring (bicyclic) bond motifs is 1. The van der Waals surface area contributed by atoms with Crippen LogP contribution >= 0.6 is 0 Å². The first kappa shape index (κ1) is 23.2. The summed E-state index contributed by atoms with van der Waals surface area (Å²) >= 11 is 0. The summed E-state index contributed by atoms with van der Waals surface area (Å²) in [5, 5.41) is 4.36. The minimum absolute atomic E-state index is 0.0577. The second-order valence-electron chi connectivity index (χ2n) is 8.74. The fourth-order valence-electron chi connectivity index (χ4n) is 4.35. The zero-order valence-corrected chi connectivity index (χ0v) is 20.3. The van der Waals surface area contributed by atoms with Crippen molar-refractivity contribution in [3.05, 3.63) is 121 Å². The standard InChI is InChI=1S/C31H28N4O/c1-2-18-35(31(36)24-11-5-3-6-12-24)21-23-10-9-13-25(19-23)26-16-17-29-28(20-26)30(33-22-32-29)34-27-14-7-4-8-15-27/h3-17,19-20,22H,2,18,21H2,1H3,(H,32,33,34). The van der Waals surface area contributed by atoms with Crippen molar-refractivity contribution in [3.63, 3.8) is 0 Å². The molecule has 178 valence electrons. The van der Waals surface area contributed by atoms with Crippen molar-refractivity contribution in [2.24, 2.45) is 0 Å². The highest BCUT2D eigenvalue weighted by atomic mass is 16.2. The van der Waals surface area contributed by atoms with Crippen molar-refractivity contribution in [2.75, 3.05) is 11.9 Å². The van der Waals surface area contributed by atoms with Crippen molar-refractivity contribution in [1.29, 1.82) is 0 Å². The Morgan fingerprint density at radius 1 is 0.806 bits per heavy atom. The van der Waals surface area contributed by atoms with Crippen molar-refractivity contribution in [2.45, 2.75) is 19.9 Å². The fraction of sp³-hybridized carbons (Fsp3) is 0.129. The van der Waals surface area contributed by atoms with E-state index >= 15 is 0 Å². The smallest absolute Gasteiger partial charge is 0.254 e. The Bertz CT molecular complexity index is 1470. The van der Waals surface area contributed by atoms with Gasteiger partial charge in [-0.3, -0.25) is 4.79 Å². The second-order valence-corrected chi connectivity index (χ2v) is 8.74. The molecule has 0 bridgehead atoms. The Morgan fingerprint density at radius 3 is 2.33 bits per heavy atom. The van der Waals surface area contributed by atoms with Gasteiger partial charge in [-0.15, -0.1) is 0 Å². The molecule has 5 rings (SSSR count). The Kier molecular flexibility index (Phi) is 6.99. The molecule has 0 saturated carbocycles. The van der Waals surface area contributed by atoms with Crippen LogP contribution < -0.4 is 5.32 Å². The lowest BCUT2D eigenvalue weighted by Crippen LogP contribution is -2.31. The molecule has 0 radical (unpaired) electrons. The number of amides is 1. The van der Waals surface area contributed by atoms with Crippen LogP contribution in [0.25, 0.3) is 22.0 Å². The normalized spacial score (nSPS) is 10.8. The zero-order valence-electron chi connectivity index (χ0n) is 20.3. The second kappa shape index (κ2) is 10.8. The summed E-state index contributed by atoms with van der Waals surface area (Å²) in [7, 11) is 0. The molecule has 1 amide bonds. The van der Waals surface area contributed by atoms with E-state index < -0.39 is 0 Å². The number of nitrogens with zero attached hydrogens (tertiary/aromatic N) is 3. The van der Waals surface area contributed by atoms with Gasteiger partial charge in [0.15, 0.2) is 0 Å². The van der Waals surface area contributed by atoms with E-state index in [1.54, 1.807) is 6.33 Å². The van der Waals surface area contributed by atoms with Crippen LogP contribution in [-0.2, 0) is 6.54 Å². The third kappa shape index (κ3) is 5.26. The average Bonchev–Trinajstić information content (AvgIpc) is 2.93. The van der Waals surface area contributed by atoms with Crippen molar-refractivity contribution < 1.29 is 4.79 Å². The first-order valence-corrected chi connectivity index (χ1v) is 12.2. The molecule has 4 aromatic carbocycles. The number of hydrogen-bond acceptors (Lipinski definition) is 4. The summed E-state index contributed by atoms with van der Waals surface area (Å²) < 4.78 is 0. The Labute approximate surface area is 211 Å². The van der Waals surface area contributed by atoms with Crippen LogP contribution in [0.2, 0.25) is 0 Å². The van der Waals surface area contributed by atoms with Crippen LogP contribution in [0, 0.1) is 0 Å². The predicted octanol–water partition coefficient (Wildman–Crippen LogP) is 7.09. The first-order chi connectivity index (χ1) is 17.7. The van der Waals surface area contributed by atoms with Gasteiger partial charge in [-0.05, 0) is 65.6 Å². The molecule has 0 atom stereocenters. The van der Waals surface area contributed by atoms with Crippen molar-refractivity contribution in [3.8, 4) is 11.1 Å². The number of aromatic nitrogens is 2. The van der Waals surface area contributed by atoms with E-state index in [1.165, 1.54) is 0 Å². The van der Waals surface area contributed by atoms with E-state index in [0.29, 0.717) is 13.1 Å². The van der Waals surface area contributed by atoms with E-state index in [9.17, 15) is 4.79 Å². The lowest BCUT2D eigenvalue weighted by atomic mass is 10.0. The van der Waals surface area contributed by atoms with E-state index in [0.717, 1.165) is 51.1 Å². The van der Waals surface area contributed by atoms with Crippen LogP contribution in [0.1, 0.15) is 29.3 Å². The number of benzene rings is 4. The van der Waals surface area contributed by atoms with Gasteiger partial charge in [0.25, 0.3) is 5.91 Å². The molecule has 0 unspecified atom stereocenters. The molecule has 0 aliphatic rings. The van der Waals surface area contributed by atoms with Crippen LogP contribution in [0.3, 0.4) is 0 Å². The van der Waals surface area contributed by atoms with Gasteiger partial charge in [-0.25, -0.2) is 9.97 Å². The van der Waals surface area contributed by atoms with E-state index in [1.807, 2.05) is 71.6 Å². The van der Waals surface area contributed by atoms with Crippen LogP contribution in [-0.4, -0.2) is 27.3 Å². The minimum atomic E-state index is 0.0577. The molecule has 0 spiro atoms. The Hall–Kier alpha value is -4.51. The van der Waals surface area contributed by atoms with Crippen LogP contribution in [0.15, 0.2) is 109 Å². The third-order valence-electron chi connectivity index (χ3n) is 6.11. The topological polar surface area (TPSA) is 58.1 Å². The summed E-state index contributed by atoms with van der Waals surface area (Å²) in [6, 6.07) is 34.1. The number of carbonyl (C=O) groups is 1. The van der Waals surface area contributed by atoms with E-state index in [4.69, 9.17) is 0 Å². The maximum Gasteiger partial charge on any atom is 0.254 e. The summed E-state index contributed by atoms with van der Waals surface area (Å²) in [5.41, 5.74) is 5.83. The maximum absolute atomic E-state index is 13.1. The highest BCUT2D eigenvalue weighted by Crippen LogP contribution is 2.29. The molecule has 1 N–H and O–H groups in total. The number of hydrogen-bond donors (Lipinski definition) is 1. The van der Waals surface area contributed by atoms with Crippen LogP contribution in [0.4, 0.5) is 11.5 Å². The lowest BCUT2D eigenvalue weighted by Gasteiger charge is -2.23. The third-order valence-corrected chi connectivity index (χ3v) is 6.11. The molecule has 5 nitrogen and oxygen atoms in total. The molecule has 0 aliphatic carbocycles. The zero-order chi connectivity index (χ0) is 24.7. The summed E-state index contributed by atoms with van der Waals surface area (Å²) in [5.74, 6) is 0.828. The first-order valence-electron chi connectivity index (χ1n) is 12.2. The summed E-state index contributed by atoms with van der Waals surface area (Å²) in [6.07, 6.45) is 2.49. The highest BCUT2D eigenvalue weighted by molar-refractivity contribution is 5.95. The van der Waals surface area contributed by atoms with Crippen molar-refractivity contribution in [1.82, 2.24) is 14.9 Å². The van der Waals surface area contributed by atoms with E-state index in [-0.39, 0.29) is 5.91 Å². The summed E-state index contributed by atoms with van der Waals surface area (Å²) in [4.78, 5) is 24.0. The number of para-hydroxylation sites is 1. The van der Waals surface area contributed by atoms with Gasteiger partial charge in [0, 0.05) is 29.7 Å². The van der Waals surface area contributed by atoms with Gasteiger partial charge in [-0.2, -0.15) is 0 Å². The number of anilines is 2. The Balaban J connectivity index is 1.44. The predicted molar refractivity (Wildman–Crippen MR) is 146 cm³/mol. The van der Waals surface area contributed by atoms with Crippen molar-refractivity contribution >= 4 is 28.3 Å². The molecule has 1 aromatic heterocycles. The minimum Gasteiger partial charge on any atom is -0.340 e. The molecule has 0 aliphatic heterocycles. The quantitative estimate of drug-likeness (QED) is 0.262. The molecule has 0 saturated heterocycles. The van der Waals surface area contributed by atoms with Gasteiger partial charge in [0.05, 0.1) is 5.52 Å². The monoisotopic (exact) mass is 472 g/mol. The number of rotatable bonds is 8. The fourth-order valence-corrected chi connectivity index (χ4v) is 4.35. The molecule has 36 heavy (non-hydrogen) atoms. The number of nitrogens with one attached hydrogen (secondary N) is 1. The summed E-state index contributed by atoms with van der Waals surface area (Å²) in [6.45, 7) is 3.37. The van der Waals surface area contributed by atoms with E-state index in [2.05, 4.69) is 58.6 Å². The molecule has 5 heteroatoms. The highest BCUT2D eigenvalue weighted by Gasteiger charge is 2.15. The maximum atomic E-state index is 13.1. The van der Waals surface area contributed by atoms with Gasteiger partial charge in [0.2, 0.25) is 0 Å². The van der Waals surface area contributed by atoms with Gasteiger partial charge >= 0.3 is 0 Å².